The Balaban J connectivity index is 2.11. The van der Waals surface area contributed by atoms with Gasteiger partial charge in [0.1, 0.15) is 0 Å². The van der Waals surface area contributed by atoms with Crippen LogP contribution in [0.15, 0.2) is 0 Å². The maximum absolute atomic E-state index is 5.54. The van der Waals surface area contributed by atoms with E-state index in [1.807, 2.05) is 7.05 Å². The van der Waals surface area contributed by atoms with E-state index in [0.29, 0.717) is 0 Å². The van der Waals surface area contributed by atoms with Crippen molar-refractivity contribution in [2.75, 3.05) is 20.1 Å². The second-order valence-corrected chi connectivity index (χ2v) is 4.02. The van der Waals surface area contributed by atoms with Gasteiger partial charge in [0.2, 0.25) is 0 Å². The molecule has 1 rings (SSSR count). The maximum atomic E-state index is 5.54. The van der Waals surface area contributed by atoms with Crippen LogP contribution in [0.25, 0.3) is 0 Å². The molecule has 0 aliphatic heterocycles. The van der Waals surface area contributed by atoms with Crippen molar-refractivity contribution in [3.8, 4) is 0 Å². The quantitative estimate of drug-likeness (QED) is 0.668. The normalized spacial score (nSPS) is 30.5. The molecule has 72 valence electrons. The van der Waals surface area contributed by atoms with E-state index in [2.05, 4.69) is 5.32 Å². The van der Waals surface area contributed by atoms with Gasteiger partial charge < -0.3 is 11.1 Å². The average Bonchev–Trinajstić information content (AvgIpc) is 2.09. The standard InChI is InChI=1S/C10H22N2/c1-12-8-10-4-2-9(3-5-10)6-7-11/h9-10,12H,2-8,11H2,1H3. The molecule has 0 radical (unpaired) electrons. The van der Waals surface area contributed by atoms with Gasteiger partial charge in [-0.05, 0) is 51.2 Å². The van der Waals surface area contributed by atoms with Crippen LogP contribution in [-0.4, -0.2) is 20.1 Å². The zero-order valence-electron chi connectivity index (χ0n) is 8.18. The van der Waals surface area contributed by atoms with Crippen LogP contribution in [0.3, 0.4) is 0 Å². The molecule has 3 N–H and O–H groups in total. The van der Waals surface area contributed by atoms with Crippen molar-refractivity contribution in [2.45, 2.75) is 32.1 Å². The summed E-state index contributed by atoms with van der Waals surface area (Å²) in [6.45, 7) is 2.08. The van der Waals surface area contributed by atoms with E-state index in [1.54, 1.807) is 0 Å². The van der Waals surface area contributed by atoms with Gasteiger partial charge in [0.15, 0.2) is 0 Å². The highest BCUT2D eigenvalue weighted by molar-refractivity contribution is 4.73. The molecule has 0 heterocycles. The molecular weight excluding hydrogens is 148 g/mol. The summed E-state index contributed by atoms with van der Waals surface area (Å²) in [7, 11) is 2.05. The van der Waals surface area contributed by atoms with Crippen LogP contribution in [0, 0.1) is 11.8 Å². The highest BCUT2D eigenvalue weighted by Crippen LogP contribution is 2.29. The van der Waals surface area contributed by atoms with E-state index < -0.39 is 0 Å². The summed E-state index contributed by atoms with van der Waals surface area (Å²) < 4.78 is 0. The summed E-state index contributed by atoms with van der Waals surface area (Å²) in [4.78, 5) is 0. The molecule has 0 aromatic carbocycles. The van der Waals surface area contributed by atoms with Crippen LogP contribution in [0.4, 0.5) is 0 Å². The van der Waals surface area contributed by atoms with E-state index in [0.717, 1.165) is 18.4 Å². The third-order valence-electron chi connectivity index (χ3n) is 3.03. The molecule has 0 unspecified atom stereocenters. The largest absolute Gasteiger partial charge is 0.330 e. The van der Waals surface area contributed by atoms with Gasteiger partial charge in [-0.25, -0.2) is 0 Å². The second kappa shape index (κ2) is 5.55. The van der Waals surface area contributed by atoms with Crippen LogP contribution in [0.1, 0.15) is 32.1 Å². The average molecular weight is 170 g/mol. The minimum Gasteiger partial charge on any atom is -0.330 e. The first-order valence-corrected chi connectivity index (χ1v) is 5.21. The minimum absolute atomic E-state index is 0.876. The first-order valence-electron chi connectivity index (χ1n) is 5.21. The molecule has 0 atom stereocenters. The van der Waals surface area contributed by atoms with Gasteiger partial charge in [-0.15, -0.1) is 0 Å². The lowest BCUT2D eigenvalue weighted by atomic mass is 9.80. The first-order chi connectivity index (χ1) is 5.86. The van der Waals surface area contributed by atoms with Crippen molar-refractivity contribution in [3.05, 3.63) is 0 Å². The Morgan fingerprint density at radius 1 is 1.17 bits per heavy atom. The van der Waals surface area contributed by atoms with Crippen molar-refractivity contribution < 1.29 is 0 Å². The third kappa shape index (κ3) is 3.11. The Morgan fingerprint density at radius 3 is 2.25 bits per heavy atom. The van der Waals surface area contributed by atoms with E-state index in [1.165, 1.54) is 38.6 Å². The fourth-order valence-electron chi connectivity index (χ4n) is 2.25. The van der Waals surface area contributed by atoms with Crippen LogP contribution >= 0.6 is 0 Å². The summed E-state index contributed by atoms with van der Waals surface area (Å²) >= 11 is 0. The summed E-state index contributed by atoms with van der Waals surface area (Å²) in [6.07, 6.45) is 6.87. The monoisotopic (exact) mass is 170 g/mol. The number of hydrogen-bond donors (Lipinski definition) is 2. The highest BCUT2D eigenvalue weighted by atomic mass is 14.8. The van der Waals surface area contributed by atoms with Crippen LogP contribution < -0.4 is 11.1 Å². The number of rotatable bonds is 4. The van der Waals surface area contributed by atoms with Crippen molar-refractivity contribution in [1.29, 1.82) is 0 Å². The highest BCUT2D eigenvalue weighted by Gasteiger charge is 2.19. The van der Waals surface area contributed by atoms with Gasteiger partial charge in [0.25, 0.3) is 0 Å². The van der Waals surface area contributed by atoms with Gasteiger partial charge in [-0.3, -0.25) is 0 Å². The van der Waals surface area contributed by atoms with E-state index >= 15 is 0 Å². The van der Waals surface area contributed by atoms with Gasteiger partial charge in [-0.1, -0.05) is 12.8 Å². The molecule has 0 saturated heterocycles. The summed E-state index contributed by atoms with van der Waals surface area (Å²) in [5.41, 5.74) is 5.54. The van der Waals surface area contributed by atoms with Crippen molar-refractivity contribution >= 4 is 0 Å². The molecule has 2 nitrogen and oxygen atoms in total. The topological polar surface area (TPSA) is 38.0 Å². The Morgan fingerprint density at radius 2 is 1.75 bits per heavy atom. The molecule has 1 aliphatic rings. The first kappa shape index (κ1) is 10.0. The van der Waals surface area contributed by atoms with Gasteiger partial charge >= 0.3 is 0 Å². The van der Waals surface area contributed by atoms with Crippen molar-refractivity contribution in [3.63, 3.8) is 0 Å². The molecule has 12 heavy (non-hydrogen) atoms. The molecule has 1 fully saturated rings. The lowest BCUT2D eigenvalue weighted by Gasteiger charge is -2.27. The lowest BCUT2D eigenvalue weighted by Crippen LogP contribution is -2.24. The molecule has 1 saturated carbocycles. The Labute approximate surface area is 75.9 Å². The van der Waals surface area contributed by atoms with E-state index in [9.17, 15) is 0 Å². The number of nitrogens with two attached hydrogens (primary N) is 1. The van der Waals surface area contributed by atoms with Crippen molar-refractivity contribution in [2.24, 2.45) is 17.6 Å². The molecule has 0 aromatic heterocycles. The summed E-state index contributed by atoms with van der Waals surface area (Å²) in [5, 5.41) is 3.26. The SMILES string of the molecule is CNCC1CCC(CCN)CC1. The Bertz CT molecular complexity index is 92.4. The third-order valence-corrected chi connectivity index (χ3v) is 3.03. The molecule has 0 aromatic rings. The number of nitrogens with one attached hydrogen (secondary N) is 1. The smallest absolute Gasteiger partial charge is 0.00235 e. The molecule has 2 heteroatoms. The van der Waals surface area contributed by atoms with Gasteiger partial charge in [0, 0.05) is 0 Å². The van der Waals surface area contributed by atoms with Gasteiger partial charge in [-0.2, -0.15) is 0 Å². The molecule has 0 amide bonds. The Hall–Kier alpha value is -0.0800. The zero-order valence-corrected chi connectivity index (χ0v) is 8.18. The molecule has 0 spiro atoms. The Kier molecular flexibility index (Phi) is 4.62. The fourth-order valence-corrected chi connectivity index (χ4v) is 2.25. The number of hydrogen-bond acceptors (Lipinski definition) is 2. The predicted molar refractivity (Wildman–Crippen MR) is 53.0 cm³/mol. The summed E-state index contributed by atoms with van der Waals surface area (Å²) in [5.74, 6) is 1.87. The summed E-state index contributed by atoms with van der Waals surface area (Å²) in [6, 6.07) is 0. The lowest BCUT2D eigenvalue weighted by molar-refractivity contribution is 0.263. The fraction of sp³-hybridized carbons (Fsp3) is 1.00. The minimum atomic E-state index is 0.876. The van der Waals surface area contributed by atoms with Crippen molar-refractivity contribution in [1.82, 2.24) is 5.32 Å². The molecule has 1 aliphatic carbocycles. The predicted octanol–water partition coefficient (Wildman–Crippen LogP) is 1.36. The molecule has 0 bridgehead atoms. The van der Waals surface area contributed by atoms with Crippen LogP contribution in [0.5, 0.6) is 0 Å². The molecular formula is C10H22N2. The van der Waals surface area contributed by atoms with Crippen LogP contribution in [0.2, 0.25) is 0 Å². The van der Waals surface area contributed by atoms with Crippen LogP contribution in [-0.2, 0) is 0 Å². The van der Waals surface area contributed by atoms with E-state index in [4.69, 9.17) is 5.73 Å². The maximum Gasteiger partial charge on any atom is -0.00235 e. The zero-order chi connectivity index (χ0) is 8.81. The van der Waals surface area contributed by atoms with E-state index in [-0.39, 0.29) is 0 Å². The second-order valence-electron chi connectivity index (χ2n) is 4.02. The van der Waals surface area contributed by atoms with Gasteiger partial charge in [0.05, 0.1) is 0 Å².